The summed E-state index contributed by atoms with van der Waals surface area (Å²) >= 11 is 0. The molecule has 0 bridgehead atoms. The van der Waals surface area contributed by atoms with Crippen LogP contribution < -0.4 is 11.1 Å². The first-order valence-corrected chi connectivity index (χ1v) is 5.82. The molecular formula is C11H22N2O2. The summed E-state index contributed by atoms with van der Waals surface area (Å²) in [7, 11) is 0. The van der Waals surface area contributed by atoms with Crippen molar-refractivity contribution in [2.45, 2.75) is 38.6 Å². The molecule has 0 heterocycles. The summed E-state index contributed by atoms with van der Waals surface area (Å²) in [6.45, 7) is 4.11. The van der Waals surface area contributed by atoms with Crippen LogP contribution in [0.3, 0.4) is 0 Å². The zero-order valence-corrected chi connectivity index (χ0v) is 9.50. The van der Waals surface area contributed by atoms with E-state index >= 15 is 0 Å². The van der Waals surface area contributed by atoms with Gasteiger partial charge in [0.25, 0.3) is 0 Å². The highest BCUT2D eigenvalue weighted by Crippen LogP contribution is 2.24. The van der Waals surface area contributed by atoms with Crippen LogP contribution in [0.4, 0.5) is 0 Å². The van der Waals surface area contributed by atoms with Gasteiger partial charge in [-0.15, -0.1) is 0 Å². The number of nitrogens with two attached hydrogens (primary N) is 1. The number of rotatable bonds is 7. The van der Waals surface area contributed by atoms with Gasteiger partial charge in [-0.3, -0.25) is 4.79 Å². The molecule has 0 radical (unpaired) electrons. The van der Waals surface area contributed by atoms with Crippen LogP contribution in [0.5, 0.6) is 0 Å². The molecule has 0 saturated heterocycles. The maximum absolute atomic E-state index is 11.3. The molecule has 3 N–H and O–H groups in total. The molecule has 1 saturated carbocycles. The molecule has 1 aliphatic rings. The predicted molar refractivity (Wildman–Crippen MR) is 59.4 cm³/mol. The molecule has 0 aromatic heterocycles. The number of hydrogen-bond acceptors (Lipinski definition) is 3. The highest BCUT2D eigenvalue weighted by Gasteiger charge is 2.25. The van der Waals surface area contributed by atoms with Crippen LogP contribution in [0.15, 0.2) is 0 Å². The number of amides is 1. The third kappa shape index (κ3) is 5.14. The number of carbonyl (C=O) groups excluding carboxylic acids is 1. The Hall–Kier alpha value is -0.610. The first-order valence-electron chi connectivity index (χ1n) is 5.82. The third-order valence-corrected chi connectivity index (χ3v) is 2.68. The predicted octanol–water partition coefficient (Wildman–Crippen LogP) is 0.657. The molecule has 0 aliphatic heterocycles. The van der Waals surface area contributed by atoms with Crippen molar-refractivity contribution in [3.63, 3.8) is 0 Å². The van der Waals surface area contributed by atoms with E-state index in [4.69, 9.17) is 10.5 Å². The quantitative estimate of drug-likeness (QED) is 0.612. The Morgan fingerprint density at radius 1 is 1.47 bits per heavy atom. The standard InChI is InChI=1S/C11H22N2O2/c1-2-4-15-5-3-11(14)13-8-9-6-10(12)7-9/h9-10H,2-8,12H2,1H3,(H,13,14). The fraction of sp³-hybridized carbons (Fsp3) is 0.909. The lowest BCUT2D eigenvalue weighted by molar-refractivity contribution is -0.122. The van der Waals surface area contributed by atoms with Crippen LogP contribution in [0, 0.1) is 5.92 Å². The molecule has 0 aromatic rings. The van der Waals surface area contributed by atoms with Gasteiger partial charge in [0.15, 0.2) is 0 Å². The number of ether oxygens (including phenoxy) is 1. The lowest BCUT2D eigenvalue weighted by Crippen LogP contribution is -2.42. The van der Waals surface area contributed by atoms with Crippen LogP contribution in [-0.4, -0.2) is 31.7 Å². The van der Waals surface area contributed by atoms with E-state index in [2.05, 4.69) is 12.2 Å². The topological polar surface area (TPSA) is 64.3 Å². The maximum atomic E-state index is 11.3. The molecule has 0 atom stereocenters. The van der Waals surface area contributed by atoms with Crippen molar-refractivity contribution < 1.29 is 9.53 Å². The van der Waals surface area contributed by atoms with Crippen LogP contribution >= 0.6 is 0 Å². The van der Waals surface area contributed by atoms with Crippen LogP contribution in [0.2, 0.25) is 0 Å². The van der Waals surface area contributed by atoms with Gasteiger partial charge in [-0.05, 0) is 25.2 Å². The average Bonchev–Trinajstić information content (AvgIpc) is 2.18. The van der Waals surface area contributed by atoms with Crippen molar-refractivity contribution >= 4 is 5.91 Å². The van der Waals surface area contributed by atoms with Gasteiger partial charge in [0.2, 0.25) is 5.91 Å². The zero-order chi connectivity index (χ0) is 11.1. The number of nitrogens with one attached hydrogen (secondary N) is 1. The highest BCUT2D eigenvalue weighted by atomic mass is 16.5. The summed E-state index contributed by atoms with van der Waals surface area (Å²) in [5.41, 5.74) is 5.66. The van der Waals surface area contributed by atoms with E-state index in [1.807, 2.05) is 0 Å². The first kappa shape index (κ1) is 12.5. The Kier molecular flexibility index (Phi) is 5.65. The van der Waals surface area contributed by atoms with E-state index in [1.165, 1.54) is 0 Å². The molecule has 0 unspecified atom stereocenters. The van der Waals surface area contributed by atoms with E-state index < -0.39 is 0 Å². The zero-order valence-electron chi connectivity index (χ0n) is 9.50. The summed E-state index contributed by atoms with van der Waals surface area (Å²) in [5.74, 6) is 0.687. The van der Waals surface area contributed by atoms with Gasteiger partial charge >= 0.3 is 0 Å². The number of carbonyl (C=O) groups is 1. The smallest absolute Gasteiger partial charge is 0.222 e. The van der Waals surface area contributed by atoms with Crippen LogP contribution in [0.25, 0.3) is 0 Å². The Bertz CT molecular complexity index is 191. The van der Waals surface area contributed by atoms with E-state index in [9.17, 15) is 4.79 Å². The third-order valence-electron chi connectivity index (χ3n) is 2.68. The second kappa shape index (κ2) is 6.80. The number of hydrogen-bond donors (Lipinski definition) is 2. The molecule has 15 heavy (non-hydrogen) atoms. The SMILES string of the molecule is CCCOCCC(=O)NCC1CC(N)C1. The Morgan fingerprint density at radius 3 is 2.80 bits per heavy atom. The molecule has 88 valence electrons. The van der Waals surface area contributed by atoms with Crippen LogP contribution in [0.1, 0.15) is 32.6 Å². The van der Waals surface area contributed by atoms with Crippen molar-refractivity contribution in [2.75, 3.05) is 19.8 Å². The molecule has 1 aliphatic carbocycles. The molecule has 0 spiro atoms. The van der Waals surface area contributed by atoms with Crippen molar-refractivity contribution in [1.29, 1.82) is 0 Å². The average molecular weight is 214 g/mol. The summed E-state index contributed by atoms with van der Waals surface area (Å²) < 4.78 is 5.24. The summed E-state index contributed by atoms with van der Waals surface area (Å²) in [6.07, 6.45) is 3.57. The van der Waals surface area contributed by atoms with E-state index in [-0.39, 0.29) is 5.91 Å². The minimum atomic E-state index is 0.0894. The second-order valence-electron chi connectivity index (χ2n) is 4.26. The minimum Gasteiger partial charge on any atom is -0.381 e. The Morgan fingerprint density at radius 2 is 2.20 bits per heavy atom. The van der Waals surface area contributed by atoms with Gasteiger partial charge in [-0.25, -0.2) is 0 Å². The highest BCUT2D eigenvalue weighted by molar-refractivity contribution is 5.75. The van der Waals surface area contributed by atoms with E-state index in [0.29, 0.717) is 25.0 Å². The fourth-order valence-electron chi connectivity index (χ4n) is 1.71. The normalized spacial score (nSPS) is 24.7. The van der Waals surface area contributed by atoms with E-state index in [0.717, 1.165) is 32.4 Å². The van der Waals surface area contributed by atoms with Gasteiger partial charge < -0.3 is 15.8 Å². The summed E-state index contributed by atoms with van der Waals surface area (Å²) in [5, 5.41) is 2.91. The molecular weight excluding hydrogens is 192 g/mol. The maximum Gasteiger partial charge on any atom is 0.222 e. The molecule has 1 rings (SSSR count). The van der Waals surface area contributed by atoms with Crippen LogP contribution in [-0.2, 0) is 9.53 Å². The van der Waals surface area contributed by atoms with Gasteiger partial charge in [0.1, 0.15) is 0 Å². The lowest BCUT2D eigenvalue weighted by Gasteiger charge is -2.32. The van der Waals surface area contributed by atoms with Crippen molar-refractivity contribution in [1.82, 2.24) is 5.32 Å². The van der Waals surface area contributed by atoms with Gasteiger partial charge in [0, 0.05) is 25.6 Å². The van der Waals surface area contributed by atoms with Gasteiger partial charge in [-0.1, -0.05) is 6.92 Å². The first-order chi connectivity index (χ1) is 7.22. The van der Waals surface area contributed by atoms with Crippen molar-refractivity contribution in [2.24, 2.45) is 11.7 Å². The summed E-state index contributed by atoms with van der Waals surface area (Å²) in [4.78, 5) is 11.3. The van der Waals surface area contributed by atoms with Gasteiger partial charge in [-0.2, -0.15) is 0 Å². The molecule has 0 aromatic carbocycles. The summed E-state index contributed by atoms with van der Waals surface area (Å²) in [6, 6.07) is 0.361. The van der Waals surface area contributed by atoms with Crippen molar-refractivity contribution in [3.8, 4) is 0 Å². The van der Waals surface area contributed by atoms with E-state index in [1.54, 1.807) is 0 Å². The van der Waals surface area contributed by atoms with Crippen molar-refractivity contribution in [3.05, 3.63) is 0 Å². The van der Waals surface area contributed by atoms with Gasteiger partial charge in [0.05, 0.1) is 6.61 Å². The minimum absolute atomic E-state index is 0.0894. The largest absolute Gasteiger partial charge is 0.381 e. The monoisotopic (exact) mass is 214 g/mol. The Balaban J connectivity index is 1.90. The fourth-order valence-corrected chi connectivity index (χ4v) is 1.71. The molecule has 4 nitrogen and oxygen atoms in total. The lowest BCUT2D eigenvalue weighted by atomic mass is 9.81. The molecule has 1 fully saturated rings. The molecule has 4 heteroatoms. The Labute approximate surface area is 91.5 Å². The molecule has 1 amide bonds. The second-order valence-corrected chi connectivity index (χ2v) is 4.26.